The number of anilines is 1. The van der Waals surface area contributed by atoms with Crippen LogP contribution in [0.2, 0.25) is 0 Å². The van der Waals surface area contributed by atoms with E-state index < -0.39 is 0 Å². The summed E-state index contributed by atoms with van der Waals surface area (Å²) in [5, 5.41) is 4.06. The molecule has 0 bridgehead atoms. The predicted molar refractivity (Wildman–Crippen MR) is 132 cm³/mol. The molecule has 0 unspecified atom stereocenters. The first-order chi connectivity index (χ1) is 17.1. The predicted octanol–water partition coefficient (Wildman–Crippen LogP) is 5.86. The molecule has 0 saturated heterocycles. The van der Waals surface area contributed by atoms with Gasteiger partial charge in [-0.2, -0.15) is 0 Å². The Morgan fingerprint density at radius 3 is 2.66 bits per heavy atom. The van der Waals surface area contributed by atoms with Gasteiger partial charge in [-0.3, -0.25) is 0 Å². The fourth-order valence-corrected chi connectivity index (χ4v) is 4.99. The molecule has 0 fully saturated rings. The molecular weight excluding hydrogens is 446 g/mol. The number of imidazole rings is 1. The Hall–Kier alpha value is -4.07. The Bertz CT molecular complexity index is 1520. The average Bonchev–Trinajstić information content (AvgIpc) is 3.54. The molecular formula is C27H24F2N6. The fraction of sp³-hybridized carbons (Fsp3) is 0.222. The number of halogens is 2. The van der Waals surface area contributed by atoms with Crippen LogP contribution in [0.25, 0.3) is 33.5 Å². The summed E-state index contributed by atoms with van der Waals surface area (Å²) in [7, 11) is 0. The molecule has 3 aromatic heterocycles. The van der Waals surface area contributed by atoms with Crippen LogP contribution in [0.3, 0.4) is 0 Å². The number of aryl methyl sites for hydroxylation is 1. The molecule has 1 aliphatic rings. The van der Waals surface area contributed by atoms with Gasteiger partial charge < -0.3 is 14.5 Å². The standard InChI is InChI=1S/C27H24F2N6/c1-2-30-27-31-13-11-22(32-27)26-25(17-3-5-19(28)6-4-17)33-24-10-8-21(35(24)26)16-34-14-12-18-15-20(29)7-9-23(18)34/h3-7,9,11-15,21H,2,8,10,16H2,1H3,(H,30,31,32)/t21-/m0/s1. The Labute approximate surface area is 201 Å². The van der Waals surface area contributed by atoms with Crippen LogP contribution in [0.15, 0.2) is 67.0 Å². The zero-order valence-electron chi connectivity index (χ0n) is 19.2. The van der Waals surface area contributed by atoms with Crippen molar-refractivity contribution < 1.29 is 8.78 Å². The SMILES string of the molecule is CCNc1nccc(-c2c(-c3ccc(F)cc3)nc3n2[C@H](Cn2ccc4cc(F)ccc42)CC3)n1. The summed E-state index contributed by atoms with van der Waals surface area (Å²) in [6.07, 6.45) is 5.52. The number of aromatic nitrogens is 5. The average molecular weight is 471 g/mol. The second-order valence-corrected chi connectivity index (χ2v) is 8.76. The molecule has 5 aromatic rings. The van der Waals surface area contributed by atoms with Crippen LogP contribution in [0.5, 0.6) is 0 Å². The summed E-state index contributed by atoms with van der Waals surface area (Å²) >= 11 is 0. The van der Waals surface area contributed by atoms with E-state index in [4.69, 9.17) is 9.97 Å². The van der Waals surface area contributed by atoms with E-state index in [1.54, 1.807) is 24.4 Å². The van der Waals surface area contributed by atoms with Crippen molar-refractivity contribution in [2.45, 2.75) is 32.4 Å². The molecule has 8 heteroatoms. The highest BCUT2D eigenvalue weighted by atomic mass is 19.1. The smallest absolute Gasteiger partial charge is 0.223 e. The normalized spacial score (nSPS) is 15.0. The summed E-state index contributed by atoms with van der Waals surface area (Å²) < 4.78 is 31.8. The maximum absolute atomic E-state index is 13.7. The van der Waals surface area contributed by atoms with E-state index in [0.717, 1.165) is 58.8 Å². The van der Waals surface area contributed by atoms with Crippen molar-refractivity contribution in [1.82, 2.24) is 24.1 Å². The molecule has 0 saturated carbocycles. The molecule has 6 nitrogen and oxygen atoms in total. The van der Waals surface area contributed by atoms with Gasteiger partial charge in [0.05, 0.1) is 23.1 Å². The number of fused-ring (bicyclic) bond motifs is 2. The topological polar surface area (TPSA) is 60.6 Å². The lowest BCUT2D eigenvalue weighted by Crippen LogP contribution is -2.14. The minimum atomic E-state index is -0.285. The van der Waals surface area contributed by atoms with Crippen LogP contribution in [-0.4, -0.2) is 30.6 Å². The van der Waals surface area contributed by atoms with Crippen molar-refractivity contribution >= 4 is 16.9 Å². The fourth-order valence-electron chi connectivity index (χ4n) is 4.99. The van der Waals surface area contributed by atoms with Crippen LogP contribution < -0.4 is 5.32 Å². The molecule has 0 aliphatic carbocycles. The van der Waals surface area contributed by atoms with Gasteiger partial charge in [-0.05, 0) is 67.9 Å². The largest absolute Gasteiger partial charge is 0.354 e. The van der Waals surface area contributed by atoms with Crippen LogP contribution in [0, 0.1) is 11.6 Å². The van der Waals surface area contributed by atoms with Crippen molar-refractivity contribution in [3.8, 4) is 22.6 Å². The molecule has 0 amide bonds. The van der Waals surface area contributed by atoms with E-state index in [1.165, 1.54) is 18.2 Å². The van der Waals surface area contributed by atoms with Gasteiger partial charge in [0, 0.05) is 48.4 Å². The van der Waals surface area contributed by atoms with Gasteiger partial charge in [0.25, 0.3) is 0 Å². The van der Waals surface area contributed by atoms with Gasteiger partial charge in [-0.25, -0.2) is 23.7 Å². The number of benzene rings is 2. The lowest BCUT2D eigenvalue weighted by Gasteiger charge is -2.19. The summed E-state index contributed by atoms with van der Waals surface area (Å²) in [6, 6.07) is 15.3. The van der Waals surface area contributed by atoms with E-state index in [1.807, 2.05) is 31.3 Å². The maximum Gasteiger partial charge on any atom is 0.223 e. The lowest BCUT2D eigenvalue weighted by atomic mass is 10.1. The molecule has 1 N–H and O–H groups in total. The quantitative estimate of drug-likeness (QED) is 0.338. The highest BCUT2D eigenvalue weighted by molar-refractivity contribution is 5.80. The van der Waals surface area contributed by atoms with Crippen molar-refractivity contribution in [2.75, 3.05) is 11.9 Å². The molecule has 35 heavy (non-hydrogen) atoms. The number of nitrogens with zero attached hydrogens (tertiary/aromatic N) is 5. The second-order valence-electron chi connectivity index (χ2n) is 8.76. The third-order valence-corrected chi connectivity index (χ3v) is 6.54. The third-order valence-electron chi connectivity index (χ3n) is 6.54. The van der Waals surface area contributed by atoms with Crippen molar-refractivity contribution in [1.29, 1.82) is 0 Å². The Balaban J connectivity index is 1.47. The van der Waals surface area contributed by atoms with Crippen LogP contribution >= 0.6 is 0 Å². The first kappa shape index (κ1) is 21.5. The molecule has 1 aliphatic heterocycles. The van der Waals surface area contributed by atoms with Gasteiger partial charge in [0.15, 0.2) is 0 Å². The van der Waals surface area contributed by atoms with Crippen molar-refractivity contribution in [2.24, 2.45) is 0 Å². The third kappa shape index (κ3) is 3.84. The highest BCUT2D eigenvalue weighted by Crippen LogP contribution is 2.40. The number of rotatable bonds is 6. The highest BCUT2D eigenvalue weighted by Gasteiger charge is 2.31. The molecule has 2 aromatic carbocycles. The van der Waals surface area contributed by atoms with Crippen LogP contribution in [-0.2, 0) is 13.0 Å². The van der Waals surface area contributed by atoms with Gasteiger partial charge in [0.1, 0.15) is 17.5 Å². The van der Waals surface area contributed by atoms with E-state index in [9.17, 15) is 8.78 Å². The Morgan fingerprint density at radius 2 is 1.83 bits per heavy atom. The molecule has 0 radical (unpaired) electrons. The van der Waals surface area contributed by atoms with Gasteiger partial charge in [-0.1, -0.05) is 0 Å². The summed E-state index contributed by atoms with van der Waals surface area (Å²) in [5.74, 6) is 1.01. The summed E-state index contributed by atoms with van der Waals surface area (Å²) in [5.41, 5.74) is 4.29. The maximum atomic E-state index is 13.7. The molecule has 176 valence electrons. The molecule has 0 spiro atoms. The Kier molecular flexibility index (Phi) is 5.28. The van der Waals surface area contributed by atoms with E-state index in [-0.39, 0.29) is 17.7 Å². The first-order valence-corrected chi connectivity index (χ1v) is 11.8. The summed E-state index contributed by atoms with van der Waals surface area (Å²) in [4.78, 5) is 14.1. The summed E-state index contributed by atoms with van der Waals surface area (Å²) in [6.45, 7) is 3.43. The monoisotopic (exact) mass is 470 g/mol. The van der Waals surface area contributed by atoms with Gasteiger partial charge in [-0.15, -0.1) is 0 Å². The minimum Gasteiger partial charge on any atom is -0.354 e. The van der Waals surface area contributed by atoms with E-state index >= 15 is 0 Å². The van der Waals surface area contributed by atoms with Gasteiger partial charge in [0.2, 0.25) is 5.95 Å². The van der Waals surface area contributed by atoms with Crippen LogP contribution in [0.4, 0.5) is 14.7 Å². The van der Waals surface area contributed by atoms with E-state index in [2.05, 4.69) is 19.4 Å². The van der Waals surface area contributed by atoms with Crippen molar-refractivity contribution in [3.63, 3.8) is 0 Å². The van der Waals surface area contributed by atoms with Crippen molar-refractivity contribution in [3.05, 3.63) is 84.4 Å². The number of nitrogens with one attached hydrogen (secondary N) is 1. The molecule has 1 atom stereocenters. The van der Waals surface area contributed by atoms with Gasteiger partial charge >= 0.3 is 0 Å². The van der Waals surface area contributed by atoms with Crippen LogP contribution in [0.1, 0.15) is 25.2 Å². The first-order valence-electron chi connectivity index (χ1n) is 11.8. The Morgan fingerprint density at radius 1 is 1.00 bits per heavy atom. The molecule has 6 rings (SSSR count). The number of hydrogen-bond acceptors (Lipinski definition) is 4. The number of hydrogen-bond donors (Lipinski definition) is 1. The molecule has 4 heterocycles. The minimum absolute atomic E-state index is 0.139. The lowest BCUT2D eigenvalue weighted by molar-refractivity contribution is 0.459. The zero-order valence-corrected chi connectivity index (χ0v) is 19.2. The van der Waals surface area contributed by atoms with E-state index in [0.29, 0.717) is 12.5 Å². The zero-order chi connectivity index (χ0) is 23.9. The second kappa shape index (κ2) is 8.61.